The third-order valence-corrected chi connectivity index (χ3v) is 3.89. The zero-order valence-electron chi connectivity index (χ0n) is 11.1. The number of ether oxygens (including phenoxy) is 1. The van der Waals surface area contributed by atoms with E-state index in [1.54, 1.807) is 0 Å². The molecule has 0 amide bonds. The SMILES string of the molecule is CC(C)c1ccc(N2CCO[C@H]3CNC[C@H]32)cn1. The van der Waals surface area contributed by atoms with E-state index in [9.17, 15) is 0 Å². The third-order valence-electron chi connectivity index (χ3n) is 3.89. The van der Waals surface area contributed by atoms with Crippen LogP contribution in [0.3, 0.4) is 0 Å². The van der Waals surface area contributed by atoms with Crippen molar-refractivity contribution in [3.8, 4) is 0 Å². The van der Waals surface area contributed by atoms with Crippen molar-refractivity contribution in [1.82, 2.24) is 10.3 Å². The minimum absolute atomic E-state index is 0.337. The topological polar surface area (TPSA) is 37.4 Å². The molecule has 0 bridgehead atoms. The Balaban J connectivity index is 1.80. The summed E-state index contributed by atoms with van der Waals surface area (Å²) in [6.45, 7) is 8.11. The van der Waals surface area contributed by atoms with E-state index < -0.39 is 0 Å². The second-order valence-electron chi connectivity index (χ2n) is 5.42. The van der Waals surface area contributed by atoms with Gasteiger partial charge in [0.05, 0.1) is 30.6 Å². The molecule has 4 nitrogen and oxygen atoms in total. The van der Waals surface area contributed by atoms with Crippen LogP contribution in [0.25, 0.3) is 0 Å². The zero-order valence-corrected chi connectivity index (χ0v) is 11.1. The molecule has 0 unspecified atom stereocenters. The molecule has 0 saturated carbocycles. The zero-order chi connectivity index (χ0) is 12.5. The number of aromatic nitrogens is 1. The number of morpholine rings is 1. The van der Waals surface area contributed by atoms with Crippen LogP contribution in [0, 0.1) is 0 Å². The molecule has 4 heteroatoms. The minimum atomic E-state index is 0.337. The van der Waals surface area contributed by atoms with E-state index in [1.807, 2.05) is 6.20 Å². The molecular weight excluding hydrogens is 226 g/mol. The average molecular weight is 247 g/mol. The van der Waals surface area contributed by atoms with Gasteiger partial charge in [-0.05, 0) is 18.1 Å². The first-order valence-corrected chi connectivity index (χ1v) is 6.80. The van der Waals surface area contributed by atoms with Crippen molar-refractivity contribution in [1.29, 1.82) is 0 Å². The number of hydrogen-bond donors (Lipinski definition) is 1. The van der Waals surface area contributed by atoms with Crippen molar-refractivity contribution in [2.45, 2.75) is 31.9 Å². The van der Waals surface area contributed by atoms with Crippen LogP contribution < -0.4 is 10.2 Å². The number of anilines is 1. The number of nitrogens with zero attached hydrogens (tertiary/aromatic N) is 2. The highest BCUT2D eigenvalue weighted by atomic mass is 16.5. The maximum absolute atomic E-state index is 5.79. The molecular formula is C14H21N3O. The van der Waals surface area contributed by atoms with Crippen molar-refractivity contribution >= 4 is 5.69 Å². The Kier molecular flexibility index (Phi) is 3.22. The normalized spacial score (nSPS) is 27.6. The number of nitrogens with one attached hydrogen (secondary N) is 1. The molecule has 98 valence electrons. The minimum Gasteiger partial charge on any atom is -0.373 e. The second kappa shape index (κ2) is 4.86. The van der Waals surface area contributed by atoms with Gasteiger partial charge < -0.3 is 15.0 Å². The van der Waals surface area contributed by atoms with Crippen molar-refractivity contribution in [2.75, 3.05) is 31.1 Å². The summed E-state index contributed by atoms with van der Waals surface area (Å²) in [5.41, 5.74) is 2.38. The van der Waals surface area contributed by atoms with Gasteiger partial charge in [0, 0.05) is 25.3 Å². The highest BCUT2D eigenvalue weighted by Crippen LogP contribution is 2.25. The Morgan fingerprint density at radius 2 is 2.28 bits per heavy atom. The summed E-state index contributed by atoms with van der Waals surface area (Å²) in [5, 5.41) is 3.41. The largest absolute Gasteiger partial charge is 0.373 e. The highest BCUT2D eigenvalue weighted by molar-refractivity contribution is 5.47. The Morgan fingerprint density at radius 3 is 3.00 bits per heavy atom. The van der Waals surface area contributed by atoms with Gasteiger partial charge in [-0.3, -0.25) is 4.98 Å². The summed E-state index contributed by atoms with van der Waals surface area (Å²) in [7, 11) is 0. The van der Waals surface area contributed by atoms with Gasteiger partial charge in [-0.1, -0.05) is 13.8 Å². The van der Waals surface area contributed by atoms with Crippen LogP contribution in [-0.2, 0) is 4.74 Å². The Bertz CT molecular complexity index is 404. The lowest BCUT2D eigenvalue weighted by Gasteiger charge is -2.38. The maximum Gasteiger partial charge on any atom is 0.0915 e. The van der Waals surface area contributed by atoms with Crippen molar-refractivity contribution in [3.05, 3.63) is 24.0 Å². The third kappa shape index (κ3) is 2.10. The molecule has 3 heterocycles. The Morgan fingerprint density at radius 1 is 1.39 bits per heavy atom. The van der Waals surface area contributed by atoms with Crippen LogP contribution in [0.15, 0.2) is 18.3 Å². The van der Waals surface area contributed by atoms with Gasteiger partial charge >= 0.3 is 0 Å². The molecule has 1 aromatic heterocycles. The molecule has 2 atom stereocenters. The van der Waals surface area contributed by atoms with Gasteiger partial charge in [0.2, 0.25) is 0 Å². The summed E-state index contributed by atoms with van der Waals surface area (Å²) >= 11 is 0. The molecule has 2 saturated heterocycles. The molecule has 3 rings (SSSR count). The first kappa shape index (κ1) is 11.9. The Labute approximate surface area is 108 Å². The van der Waals surface area contributed by atoms with E-state index >= 15 is 0 Å². The number of pyridine rings is 1. The van der Waals surface area contributed by atoms with Crippen LogP contribution in [0.4, 0.5) is 5.69 Å². The van der Waals surface area contributed by atoms with Crippen molar-refractivity contribution in [2.24, 2.45) is 0 Å². The first-order chi connectivity index (χ1) is 8.75. The highest BCUT2D eigenvalue weighted by Gasteiger charge is 2.36. The summed E-state index contributed by atoms with van der Waals surface area (Å²) in [6.07, 6.45) is 2.35. The van der Waals surface area contributed by atoms with Gasteiger partial charge in [0.15, 0.2) is 0 Å². The average Bonchev–Trinajstić information content (AvgIpc) is 2.87. The molecule has 1 N–H and O–H groups in total. The van der Waals surface area contributed by atoms with E-state index in [2.05, 4.69) is 41.2 Å². The van der Waals surface area contributed by atoms with Crippen LogP contribution in [-0.4, -0.2) is 43.4 Å². The standard InChI is InChI=1S/C14H21N3O/c1-10(2)12-4-3-11(7-16-12)17-5-6-18-14-9-15-8-13(14)17/h3-4,7,10,13-15H,5-6,8-9H2,1-2H3/t13-,14+/m1/s1. The Hall–Kier alpha value is -1.13. The fourth-order valence-corrected chi connectivity index (χ4v) is 2.82. The van der Waals surface area contributed by atoms with Crippen LogP contribution in [0.2, 0.25) is 0 Å². The second-order valence-corrected chi connectivity index (χ2v) is 5.42. The summed E-state index contributed by atoms with van der Waals surface area (Å²) in [6, 6.07) is 4.81. The maximum atomic E-state index is 5.79. The van der Waals surface area contributed by atoms with Gasteiger partial charge in [0.1, 0.15) is 0 Å². The van der Waals surface area contributed by atoms with E-state index in [4.69, 9.17) is 4.74 Å². The lowest BCUT2D eigenvalue weighted by molar-refractivity contribution is 0.0349. The number of hydrogen-bond acceptors (Lipinski definition) is 4. The molecule has 0 aliphatic carbocycles. The van der Waals surface area contributed by atoms with E-state index in [1.165, 1.54) is 5.69 Å². The van der Waals surface area contributed by atoms with E-state index in [0.29, 0.717) is 18.1 Å². The molecule has 2 aliphatic heterocycles. The molecule has 2 aliphatic rings. The lowest BCUT2D eigenvalue weighted by Crippen LogP contribution is -2.51. The van der Waals surface area contributed by atoms with Crippen LogP contribution in [0.5, 0.6) is 0 Å². The predicted molar refractivity (Wildman–Crippen MR) is 72.1 cm³/mol. The van der Waals surface area contributed by atoms with E-state index in [-0.39, 0.29) is 0 Å². The van der Waals surface area contributed by atoms with Gasteiger partial charge in [-0.15, -0.1) is 0 Å². The molecule has 18 heavy (non-hydrogen) atoms. The van der Waals surface area contributed by atoms with Gasteiger partial charge in [0.25, 0.3) is 0 Å². The first-order valence-electron chi connectivity index (χ1n) is 6.80. The molecule has 2 fully saturated rings. The number of rotatable bonds is 2. The van der Waals surface area contributed by atoms with Crippen molar-refractivity contribution < 1.29 is 4.74 Å². The van der Waals surface area contributed by atoms with Gasteiger partial charge in [-0.2, -0.15) is 0 Å². The molecule has 0 aromatic carbocycles. The van der Waals surface area contributed by atoms with Crippen LogP contribution in [0.1, 0.15) is 25.5 Å². The number of fused-ring (bicyclic) bond motifs is 1. The molecule has 0 radical (unpaired) electrons. The van der Waals surface area contributed by atoms with E-state index in [0.717, 1.165) is 31.9 Å². The summed E-state index contributed by atoms with van der Waals surface area (Å²) in [4.78, 5) is 7.00. The quantitative estimate of drug-likeness (QED) is 0.857. The molecule has 1 aromatic rings. The van der Waals surface area contributed by atoms with Crippen molar-refractivity contribution in [3.63, 3.8) is 0 Å². The summed E-state index contributed by atoms with van der Waals surface area (Å²) < 4.78 is 5.79. The smallest absolute Gasteiger partial charge is 0.0915 e. The predicted octanol–water partition coefficient (Wildman–Crippen LogP) is 1.38. The fourth-order valence-electron chi connectivity index (χ4n) is 2.82. The monoisotopic (exact) mass is 247 g/mol. The summed E-state index contributed by atoms with van der Waals surface area (Å²) in [5.74, 6) is 0.490. The van der Waals surface area contributed by atoms with Gasteiger partial charge in [-0.25, -0.2) is 0 Å². The van der Waals surface area contributed by atoms with Crippen LogP contribution >= 0.6 is 0 Å². The fraction of sp³-hybridized carbons (Fsp3) is 0.643. The molecule has 0 spiro atoms. The lowest BCUT2D eigenvalue weighted by atomic mass is 10.1.